The van der Waals surface area contributed by atoms with Gasteiger partial charge in [0.2, 0.25) is 0 Å². The largest absolute Gasteiger partial charge is 0.341 e. The van der Waals surface area contributed by atoms with Crippen molar-refractivity contribution in [1.29, 1.82) is 0 Å². The number of benzene rings is 1. The van der Waals surface area contributed by atoms with E-state index >= 15 is 0 Å². The van der Waals surface area contributed by atoms with E-state index in [4.69, 9.17) is 5.73 Å². The molecule has 0 aliphatic rings. The number of aromatic amines is 1. The first-order valence-electron chi connectivity index (χ1n) is 5.72. The maximum atomic E-state index is 13.3. The first kappa shape index (κ1) is 12.5. The lowest BCUT2D eigenvalue weighted by atomic mass is 10.1. The lowest BCUT2D eigenvalue weighted by Gasteiger charge is -2.06. The van der Waals surface area contributed by atoms with Crippen molar-refractivity contribution in [3.63, 3.8) is 0 Å². The molecule has 5 heteroatoms. The van der Waals surface area contributed by atoms with Crippen molar-refractivity contribution in [3.05, 3.63) is 28.2 Å². The molecule has 1 heterocycles. The van der Waals surface area contributed by atoms with E-state index in [0.717, 1.165) is 30.6 Å². The van der Waals surface area contributed by atoms with Crippen LogP contribution in [-0.2, 0) is 0 Å². The number of rotatable bonds is 4. The summed E-state index contributed by atoms with van der Waals surface area (Å²) in [4.78, 5) is 7.47. The molecule has 0 saturated carbocycles. The molecule has 3 nitrogen and oxygen atoms in total. The van der Waals surface area contributed by atoms with E-state index in [1.165, 1.54) is 6.07 Å². The quantitative estimate of drug-likeness (QED) is 0.905. The molecule has 0 aliphatic heterocycles. The molecule has 2 rings (SSSR count). The lowest BCUT2D eigenvalue weighted by Crippen LogP contribution is -2.11. The third-order valence-corrected chi connectivity index (χ3v) is 3.37. The number of halogens is 2. The van der Waals surface area contributed by atoms with E-state index < -0.39 is 0 Å². The topological polar surface area (TPSA) is 54.7 Å². The van der Waals surface area contributed by atoms with Gasteiger partial charge < -0.3 is 10.7 Å². The first-order valence-corrected chi connectivity index (χ1v) is 6.51. The van der Waals surface area contributed by atoms with Gasteiger partial charge in [0.25, 0.3) is 0 Å². The Kier molecular flexibility index (Phi) is 3.79. The molecule has 1 aromatic carbocycles. The van der Waals surface area contributed by atoms with Crippen molar-refractivity contribution in [2.24, 2.45) is 5.73 Å². The highest BCUT2D eigenvalue weighted by molar-refractivity contribution is 9.10. The highest BCUT2D eigenvalue weighted by Gasteiger charge is 2.12. The highest BCUT2D eigenvalue weighted by Crippen LogP contribution is 2.24. The number of hydrogen-bond donors (Lipinski definition) is 2. The van der Waals surface area contributed by atoms with Gasteiger partial charge >= 0.3 is 0 Å². The van der Waals surface area contributed by atoms with Crippen molar-refractivity contribution in [2.45, 2.75) is 32.2 Å². The van der Waals surface area contributed by atoms with Gasteiger partial charge in [-0.2, -0.15) is 0 Å². The molecule has 0 spiro atoms. The second-order valence-electron chi connectivity index (χ2n) is 4.15. The van der Waals surface area contributed by atoms with Crippen molar-refractivity contribution in [3.8, 4) is 0 Å². The number of nitrogens with two attached hydrogens (primary N) is 1. The maximum Gasteiger partial charge on any atom is 0.139 e. The predicted molar refractivity (Wildman–Crippen MR) is 70.2 cm³/mol. The number of fused-ring (bicyclic) bond motifs is 1. The SMILES string of the molecule is CCCCC(N)c1nc2cc(Br)c(F)cc2[nH]1. The molecule has 3 N–H and O–H groups in total. The number of hydrogen-bond acceptors (Lipinski definition) is 2. The zero-order valence-corrected chi connectivity index (χ0v) is 11.2. The molecule has 1 unspecified atom stereocenters. The minimum Gasteiger partial charge on any atom is -0.341 e. The van der Waals surface area contributed by atoms with Crippen LogP contribution in [0.2, 0.25) is 0 Å². The van der Waals surface area contributed by atoms with Crippen LogP contribution in [0.1, 0.15) is 38.1 Å². The molecule has 0 aliphatic carbocycles. The molecule has 0 radical (unpaired) electrons. The number of nitrogens with one attached hydrogen (secondary N) is 1. The van der Waals surface area contributed by atoms with Gasteiger partial charge in [0.1, 0.15) is 11.6 Å². The van der Waals surface area contributed by atoms with Gasteiger partial charge in [-0.15, -0.1) is 0 Å². The van der Waals surface area contributed by atoms with Gasteiger partial charge in [0.15, 0.2) is 0 Å². The van der Waals surface area contributed by atoms with Crippen LogP contribution < -0.4 is 5.73 Å². The minimum atomic E-state index is -0.296. The van der Waals surface area contributed by atoms with E-state index in [9.17, 15) is 4.39 Å². The normalized spacial score (nSPS) is 13.2. The summed E-state index contributed by atoms with van der Waals surface area (Å²) in [6.07, 6.45) is 3.06. The molecule has 2 aromatic rings. The van der Waals surface area contributed by atoms with Gasteiger partial charge in [-0.25, -0.2) is 9.37 Å². The van der Waals surface area contributed by atoms with Crippen LogP contribution in [0, 0.1) is 5.82 Å². The molecule has 92 valence electrons. The van der Waals surface area contributed by atoms with Gasteiger partial charge in [0.05, 0.1) is 21.5 Å². The molecular weight excluding hydrogens is 285 g/mol. The average Bonchev–Trinajstić information content (AvgIpc) is 2.69. The summed E-state index contributed by atoms with van der Waals surface area (Å²) in [6.45, 7) is 2.12. The monoisotopic (exact) mass is 299 g/mol. The fraction of sp³-hybridized carbons (Fsp3) is 0.417. The van der Waals surface area contributed by atoms with E-state index in [-0.39, 0.29) is 11.9 Å². The molecule has 0 saturated heterocycles. The zero-order chi connectivity index (χ0) is 12.4. The summed E-state index contributed by atoms with van der Waals surface area (Å²) < 4.78 is 13.8. The van der Waals surface area contributed by atoms with Crippen molar-refractivity contribution in [1.82, 2.24) is 9.97 Å². The van der Waals surface area contributed by atoms with E-state index in [1.54, 1.807) is 6.07 Å². The Balaban J connectivity index is 2.31. The second-order valence-corrected chi connectivity index (χ2v) is 5.01. The van der Waals surface area contributed by atoms with Crippen molar-refractivity contribution >= 4 is 27.0 Å². The zero-order valence-electron chi connectivity index (χ0n) is 9.63. The molecule has 17 heavy (non-hydrogen) atoms. The van der Waals surface area contributed by atoms with E-state index in [0.29, 0.717) is 9.99 Å². The van der Waals surface area contributed by atoms with Crippen LogP contribution in [0.3, 0.4) is 0 Å². The Morgan fingerprint density at radius 3 is 3.00 bits per heavy atom. The average molecular weight is 300 g/mol. The Morgan fingerprint density at radius 2 is 2.29 bits per heavy atom. The molecule has 0 amide bonds. The molecule has 1 aromatic heterocycles. The third-order valence-electron chi connectivity index (χ3n) is 2.76. The van der Waals surface area contributed by atoms with Crippen LogP contribution >= 0.6 is 15.9 Å². The smallest absolute Gasteiger partial charge is 0.139 e. The van der Waals surface area contributed by atoms with Crippen LogP contribution in [0.4, 0.5) is 4.39 Å². The summed E-state index contributed by atoms with van der Waals surface area (Å²) in [6, 6.07) is 2.99. The number of nitrogens with zero attached hydrogens (tertiary/aromatic N) is 1. The minimum absolute atomic E-state index is 0.107. The van der Waals surface area contributed by atoms with Crippen LogP contribution in [0.15, 0.2) is 16.6 Å². The summed E-state index contributed by atoms with van der Waals surface area (Å²) in [5, 5.41) is 0. The van der Waals surface area contributed by atoms with Crippen LogP contribution in [0.5, 0.6) is 0 Å². The maximum absolute atomic E-state index is 13.3. The summed E-state index contributed by atoms with van der Waals surface area (Å²) in [7, 11) is 0. The number of unbranched alkanes of at least 4 members (excludes halogenated alkanes) is 1. The highest BCUT2D eigenvalue weighted by atomic mass is 79.9. The third kappa shape index (κ3) is 2.66. The fourth-order valence-corrected chi connectivity index (χ4v) is 2.09. The Bertz CT molecular complexity index is 485. The van der Waals surface area contributed by atoms with Gasteiger partial charge in [0, 0.05) is 6.07 Å². The summed E-state index contributed by atoms with van der Waals surface area (Å²) in [5.74, 6) is 0.431. The second kappa shape index (κ2) is 5.14. The van der Waals surface area contributed by atoms with Gasteiger partial charge in [-0.1, -0.05) is 19.8 Å². The Labute approximate surface area is 108 Å². The predicted octanol–water partition coefficient (Wildman–Crippen LogP) is 3.65. The van der Waals surface area contributed by atoms with Crippen molar-refractivity contribution in [2.75, 3.05) is 0 Å². The first-order chi connectivity index (χ1) is 8.11. The van der Waals surface area contributed by atoms with E-state index in [1.807, 2.05) is 0 Å². The molecular formula is C12H15BrFN3. The van der Waals surface area contributed by atoms with Crippen LogP contribution in [0.25, 0.3) is 11.0 Å². The Hall–Kier alpha value is -0.940. The number of aromatic nitrogens is 2. The van der Waals surface area contributed by atoms with Crippen molar-refractivity contribution < 1.29 is 4.39 Å². The Morgan fingerprint density at radius 1 is 1.53 bits per heavy atom. The molecule has 1 atom stereocenters. The number of H-pyrrole nitrogens is 1. The number of imidazole rings is 1. The lowest BCUT2D eigenvalue weighted by molar-refractivity contribution is 0.581. The van der Waals surface area contributed by atoms with Gasteiger partial charge in [-0.05, 0) is 28.4 Å². The molecule has 0 fully saturated rings. The van der Waals surface area contributed by atoms with E-state index in [2.05, 4.69) is 32.8 Å². The summed E-state index contributed by atoms with van der Waals surface area (Å²) in [5.41, 5.74) is 7.45. The molecule has 0 bridgehead atoms. The standard InChI is InChI=1S/C12H15BrFN3/c1-2-3-4-9(15)12-16-10-5-7(13)8(14)6-11(10)17-12/h5-6,9H,2-4,15H2,1H3,(H,16,17). The van der Waals surface area contributed by atoms with Crippen LogP contribution in [-0.4, -0.2) is 9.97 Å². The summed E-state index contributed by atoms with van der Waals surface area (Å²) >= 11 is 3.14. The van der Waals surface area contributed by atoms with Gasteiger partial charge in [-0.3, -0.25) is 0 Å². The fourth-order valence-electron chi connectivity index (χ4n) is 1.76.